The first-order valence-electron chi connectivity index (χ1n) is 8.37. The fourth-order valence-electron chi connectivity index (χ4n) is 2.14. The monoisotopic (exact) mass is 356 g/mol. The first-order valence-corrected chi connectivity index (χ1v) is 9.25. The van der Waals surface area contributed by atoms with E-state index in [2.05, 4.69) is 24.5 Å². The van der Waals surface area contributed by atoms with Crippen LogP contribution in [0.1, 0.15) is 41.1 Å². The van der Waals surface area contributed by atoms with Crippen molar-refractivity contribution in [1.29, 1.82) is 0 Å². The van der Waals surface area contributed by atoms with Gasteiger partial charge in [-0.1, -0.05) is 37.6 Å². The van der Waals surface area contributed by atoms with Gasteiger partial charge in [0.05, 0.1) is 0 Å². The normalized spacial score (nSPS) is 11.4. The Morgan fingerprint density at radius 3 is 2.48 bits per heavy atom. The van der Waals surface area contributed by atoms with Crippen molar-refractivity contribution in [2.75, 3.05) is 6.54 Å². The summed E-state index contributed by atoms with van der Waals surface area (Å²) in [7, 11) is 0. The number of carbonyl (C=O) groups is 2. The van der Waals surface area contributed by atoms with Gasteiger partial charge in [0, 0.05) is 17.0 Å². The Bertz CT molecular complexity index is 732. The quantitative estimate of drug-likeness (QED) is 0.737. The number of hydrogen-bond acceptors (Lipinski definition) is 3. The highest BCUT2D eigenvalue weighted by atomic mass is 32.1. The molecule has 1 heterocycles. The molecule has 2 aromatic rings. The van der Waals surface area contributed by atoms with Gasteiger partial charge in [-0.25, -0.2) is 0 Å². The van der Waals surface area contributed by atoms with Gasteiger partial charge in [0.15, 0.2) is 0 Å². The van der Waals surface area contributed by atoms with Crippen LogP contribution in [0.25, 0.3) is 6.08 Å². The Kier molecular flexibility index (Phi) is 6.95. The molecule has 0 bridgehead atoms. The average Bonchev–Trinajstić information content (AvgIpc) is 3.07. The average molecular weight is 356 g/mol. The van der Waals surface area contributed by atoms with E-state index in [4.69, 9.17) is 0 Å². The third-order valence-electron chi connectivity index (χ3n) is 3.64. The highest BCUT2D eigenvalue weighted by Gasteiger charge is 2.14. The predicted molar refractivity (Wildman–Crippen MR) is 103 cm³/mol. The SMILES string of the molecule is Cc1ccc(C(=O)N/C(=C\c2cccs2)C(=O)NCCC(C)C)cc1. The molecule has 25 heavy (non-hydrogen) atoms. The van der Waals surface area contributed by atoms with Gasteiger partial charge in [-0.15, -0.1) is 11.3 Å². The summed E-state index contributed by atoms with van der Waals surface area (Å²) >= 11 is 1.51. The maximum Gasteiger partial charge on any atom is 0.267 e. The van der Waals surface area contributed by atoms with Crippen LogP contribution in [0.3, 0.4) is 0 Å². The Morgan fingerprint density at radius 1 is 1.16 bits per heavy atom. The number of rotatable bonds is 7. The molecule has 0 saturated carbocycles. The maximum absolute atomic E-state index is 12.5. The van der Waals surface area contributed by atoms with Crippen LogP contribution >= 0.6 is 11.3 Å². The molecule has 0 radical (unpaired) electrons. The number of aryl methyl sites for hydroxylation is 1. The fraction of sp³-hybridized carbons (Fsp3) is 0.300. The largest absolute Gasteiger partial charge is 0.351 e. The van der Waals surface area contributed by atoms with Gasteiger partial charge in [0.1, 0.15) is 5.70 Å². The third kappa shape index (κ3) is 6.19. The van der Waals surface area contributed by atoms with Gasteiger partial charge in [-0.2, -0.15) is 0 Å². The van der Waals surface area contributed by atoms with E-state index in [9.17, 15) is 9.59 Å². The first kappa shape index (κ1) is 18.9. The van der Waals surface area contributed by atoms with E-state index >= 15 is 0 Å². The maximum atomic E-state index is 12.5. The highest BCUT2D eigenvalue weighted by Crippen LogP contribution is 2.13. The van der Waals surface area contributed by atoms with E-state index < -0.39 is 0 Å². The molecule has 1 aromatic heterocycles. The van der Waals surface area contributed by atoms with E-state index in [0.717, 1.165) is 16.9 Å². The van der Waals surface area contributed by atoms with E-state index in [1.54, 1.807) is 18.2 Å². The van der Waals surface area contributed by atoms with Crippen LogP contribution in [0.4, 0.5) is 0 Å². The van der Waals surface area contributed by atoms with Crippen molar-refractivity contribution in [3.8, 4) is 0 Å². The summed E-state index contributed by atoms with van der Waals surface area (Å²) in [4.78, 5) is 25.9. The Morgan fingerprint density at radius 2 is 1.88 bits per heavy atom. The number of hydrogen-bond donors (Lipinski definition) is 2. The minimum atomic E-state index is -0.290. The summed E-state index contributed by atoms with van der Waals surface area (Å²) in [6.45, 7) is 6.76. The molecule has 0 atom stereocenters. The van der Waals surface area contributed by atoms with Gasteiger partial charge < -0.3 is 10.6 Å². The number of amides is 2. The van der Waals surface area contributed by atoms with Crippen LogP contribution in [0, 0.1) is 12.8 Å². The summed E-state index contributed by atoms with van der Waals surface area (Å²) in [5.41, 5.74) is 1.87. The lowest BCUT2D eigenvalue weighted by Crippen LogP contribution is -2.35. The van der Waals surface area contributed by atoms with Gasteiger partial charge in [0.2, 0.25) is 0 Å². The second kappa shape index (κ2) is 9.18. The number of thiophene rings is 1. The van der Waals surface area contributed by atoms with Crippen molar-refractivity contribution in [2.45, 2.75) is 27.2 Å². The summed E-state index contributed by atoms with van der Waals surface area (Å²) < 4.78 is 0. The van der Waals surface area contributed by atoms with Gasteiger partial charge in [-0.05, 0) is 48.9 Å². The molecular weight excluding hydrogens is 332 g/mol. The number of benzene rings is 1. The lowest BCUT2D eigenvalue weighted by Gasteiger charge is -2.12. The summed E-state index contributed by atoms with van der Waals surface area (Å²) in [5.74, 6) is -0.0523. The van der Waals surface area contributed by atoms with Crippen LogP contribution in [-0.2, 0) is 4.79 Å². The molecule has 0 aliphatic carbocycles. The molecule has 132 valence electrons. The molecule has 2 amide bonds. The number of carbonyl (C=O) groups excluding carboxylic acids is 2. The summed E-state index contributed by atoms with van der Waals surface area (Å²) in [6, 6.07) is 11.1. The molecule has 1 aromatic carbocycles. The van der Waals surface area contributed by atoms with Crippen molar-refractivity contribution in [2.24, 2.45) is 5.92 Å². The van der Waals surface area contributed by atoms with Crippen LogP contribution in [0.15, 0.2) is 47.5 Å². The smallest absolute Gasteiger partial charge is 0.267 e. The minimum absolute atomic E-state index is 0.261. The van der Waals surface area contributed by atoms with Crippen LogP contribution in [-0.4, -0.2) is 18.4 Å². The molecular formula is C20H24N2O2S. The summed E-state index contributed by atoms with van der Waals surface area (Å²) in [6.07, 6.45) is 2.60. The van der Waals surface area contributed by atoms with Crippen molar-refractivity contribution in [3.05, 3.63) is 63.5 Å². The second-order valence-electron chi connectivity index (χ2n) is 6.33. The molecule has 2 N–H and O–H groups in total. The Labute approximate surface area is 153 Å². The minimum Gasteiger partial charge on any atom is -0.351 e. The molecule has 0 spiro atoms. The molecule has 4 nitrogen and oxygen atoms in total. The molecule has 2 rings (SSSR count). The van der Waals surface area contributed by atoms with Gasteiger partial charge in [-0.3, -0.25) is 9.59 Å². The lowest BCUT2D eigenvalue weighted by molar-refractivity contribution is -0.117. The zero-order chi connectivity index (χ0) is 18.2. The fourth-order valence-corrected chi connectivity index (χ4v) is 2.80. The van der Waals surface area contributed by atoms with Crippen LogP contribution < -0.4 is 10.6 Å². The topological polar surface area (TPSA) is 58.2 Å². The van der Waals surface area contributed by atoms with Crippen molar-refractivity contribution in [1.82, 2.24) is 10.6 Å². The second-order valence-corrected chi connectivity index (χ2v) is 7.31. The molecule has 0 unspecified atom stereocenters. The molecule has 0 aliphatic rings. The van der Waals surface area contributed by atoms with Gasteiger partial charge in [0.25, 0.3) is 11.8 Å². The molecule has 0 fully saturated rings. The molecule has 5 heteroatoms. The molecule has 0 aliphatic heterocycles. The Balaban J connectivity index is 2.12. The third-order valence-corrected chi connectivity index (χ3v) is 4.46. The van der Waals surface area contributed by atoms with Gasteiger partial charge >= 0.3 is 0 Å². The van der Waals surface area contributed by atoms with E-state index in [0.29, 0.717) is 18.0 Å². The summed E-state index contributed by atoms with van der Waals surface area (Å²) in [5, 5.41) is 7.55. The molecule has 0 saturated heterocycles. The zero-order valence-electron chi connectivity index (χ0n) is 14.8. The van der Waals surface area contributed by atoms with E-state index in [1.165, 1.54) is 11.3 Å². The van der Waals surface area contributed by atoms with Crippen molar-refractivity contribution >= 4 is 29.2 Å². The number of nitrogens with one attached hydrogen (secondary N) is 2. The Hall–Kier alpha value is -2.40. The van der Waals surface area contributed by atoms with E-state index in [1.807, 2.05) is 36.6 Å². The lowest BCUT2D eigenvalue weighted by atomic mass is 10.1. The zero-order valence-corrected chi connectivity index (χ0v) is 15.7. The predicted octanol–water partition coefficient (Wildman–Crippen LogP) is 3.99. The van der Waals surface area contributed by atoms with Crippen LogP contribution in [0.2, 0.25) is 0 Å². The van der Waals surface area contributed by atoms with Crippen molar-refractivity contribution < 1.29 is 9.59 Å². The van der Waals surface area contributed by atoms with E-state index in [-0.39, 0.29) is 17.5 Å². The standard InChI is InChI=1S/C20H24N2O2S/c1-14(2)10-11-21-20(24)18(13-17-5-4-12-25-17)22-19(23)16-8-6-15(3)7-9-16/h4-9,12-14H,10-11H2,1-3H3,(H,21,24)(H,22,23)/b18-13-. The van der Waals surface area contributed by atoms with Crippen LogP contribution in [0.5, 0.6) is 0 Å². The first-order chi connectivity index (χ1) is 12.0. The van der Waals surface area contributed by atoms with Crippen molar-refractivity contribution in [3.63, 3.8) is 0 Å². The highest BCUT2D eigenvalue weighted by molar-refractivity contribution is 7.10.